The Kier molecular flexibility index (Phi) is 4.28. The number of nitrogens with zero attached hydrogens (tertiary/aromatic N) is 4. The summed E-state index contributed by atoms with van der Waals surface area (Å²) in [5.74, 6) is 0.679. The Bertz CT molecular complexity index is 276. The first-order valence-electron chi connectivity index (χ1n) is 4.66. The number of alkyl halides is 1. The van der Waals surface area contributed by atoms with Gasteiger partial charge in [0, 0.05) is 6.61 Å². The van der Waals surface area contributed by atoms with E-state index < -0.39 is 0 Å². The summed E-state index contributed by atoms with van der Waals surface area (Å²) in [5, 5.41) is 11.1. The van der Waals surface area contributed by atoms with Gasteiger partial charge in [-0.25, -0.2) is 4.68 Å². The van der Waals surface area contributed by atoms with Gasteiger partial charge in [0.05, 0.1) is 18.0 Å². The average molecular weight is 219 g/mol. The molecule has 0 N–H and O–H groups in total. The van der Waals surface area contributed by atoms with Crippen LogP contribution in [0.25, 0.3) is 0 Å². The van der Waals surface area contributed by atoms with Crippen LogP contribution in [0, 0.1) is 0 Å². The zero-order chi connectivity index (χ0) is 10.6. The third-order valence-electron chi connectivity index (χ3n) is 1.80. The molecule has 1 aromatic heterocycles. The highest BCUT2D eigenvalue weighted by molar-refractivity contribution is 6.20. The minimum absolute atomic E-state index is 0.0951. The lowest BCUT2D eigenvalue weighted by atomic mass is 10.4. The van der Waals surface area contributed by atoms with Gasteiger partial charge in [0.25, 0.3) is 0 Å². The Morgan fingerprint density at radius 2 is 2.21 bits per heavy atom. The lowest BCUT2D eigenvalue weighted by Crippen LogP contribution is -2.19. The summed E-state index contributed by atoms with van der Waals surface area (Å²) in [5.41, 5.74) is 0. The standard InChI is InChI=1S/C8H15ClN4O/c1-4-14-6(2)5-13-8(7(3)9)10-11-12-13/h6-7H,4-5H2,1-3H3. The van der Waals surface area contributed by atoms with E-state index in [1.807, 2.05) is 20.8 Å². The van der Waals surface area contributed by atoms with Gasteiger partial charge in [-0.2, -0.15) is 0 Å². The number of rotatable bonds is 5. The maximum atomic E-state index is 5.91. The van der Waals surface area contributed by atoms with Crippen molar-refractivity contribution in [1.29, 1.82) is 0 Å². The van der Waals surface area contributed by atoms with Crippen molar-refractivity contribution in [2.45, 2.75) is 38.8 Å². The fraction of sp³-hybridized carbons (Fsp3) is 0.875. The quantitative estimate of drug-likeness (QED) is 0.701. The second-order valence-electron chi connectivity index (χ2n) is 3.10. The highest BCUT2D eigenvalue weighted by Gasteiger charge is 2.13. The summed E-state index contributed by atoms with van der Waals surface area (Å²) < 4.78 is 7.07. The van der Waals surface area contributed by atoms with Crippen LogP contribution in [0.15, 0.2) is 0 Å². The van der Waals surface area contributed by atoms with Gasteiger partial charge in [0.1, 0.15) is 0 Å². The zero-order valence-corrected chi connectivity index (χ0v) is 9.40. The summed E-state index contributed by atoms with van der Waals surface area (Å²) in [4.78, 5) is 0. The van der Waals surface area contributed by atoms with Crippen molar-refractivity contribution in [2.75, 3.05) is 6.61 Å². The maximum absolute atomic E-state index is 5.91. The zero-order valence-electron chi connectivity index (χ0n) is 8.64. The lowest BCUT2D eigenvalue weighted by molar-refractivity contribution is 0.0603. The number of hydrogen-bond acceptors (Lipinski definition) is 4. The fourth-order valence-corrected chi connectivity index (χ4v) is 1.36. The van der Waals surface area contributed by atoms with Crippen LogP contribution in [0.2, 0.25) is 0 Å². The Balaban J connectivity index is 2.61. The van der Waals surface area contributed by atoms with Crippen molar-refractivity contribution in [3.8, 4) is 0 Å². The topological polar surface area (TPSA) is 52.8 Å². The molecule has 1 heterocycles. The first kappa shape index (κ1) is 11.4. The molecule has 0 radical (unpaired) electrons. The molecule has 0 aromatic carbocycles. The molecule has 1 aromatic rings. The number of hydrogen-bond donors (Lipinski definition) is 0. The van der Waals surface area contributed by atoms with Crippen LogP contribution in [0.4, 0.5) is 0 Å². The molecule has 6 heteroatoms. The molecule has 2 unspecified atom stereocenters. The van der Waals surface area contributed by atoms with E-state index in [0.717, 1.165) is 0 Å². The molecule has 14 heavy (non-hydrogen) atoms. The molecule has 0 saturated carbocycles. The number of aromatic nitrogens is 4. The minimum Gasteiger partial charge on any atom is -0.377 e. The predicted octanol–water partition coefficient (Wildman–Crippen LogP) is 1.40. The van der Waals surface area contributed by atoms with Crippen molar-refractivity contribution in [3.05, 3.63) is 5.82 Å². The summed E-state index contributed by atoms with van der Waals surface area (Å²) in [6.45, 7) is 7.10. The summed E-state index contributed by atoms with van der Waals surface area (Å²) >= 11 is 5.91. The van der Waals surface area contributed by atoms with E-state index in [-0.39, 0.29) is 11.5 Å². The third-order valence-corrected chi connectivity index (χ3v) is 1.99. The van der Waals surface area contributed by atoms with E-state index in [1.54, 1.807) is 4.68 Å². The molecule has 0 bridgehead atoms. The van der Waals surface area contributed by atoms with Gasteiger partial charge in [-0.3, -0.25) is 0 Å². The third kappa shape index (κ3) is 2.92. The molecular weight excluding hydrogens is 204 g/mol. The van der Waals surface area contributed by atoms with Crippen LogP contribution < -0.4 is 0 Å². The summed E-state index contributed by atoms with van der Waals surface area (Å²) in [6.07, 6.45) is 0.0951. The second-order valence-corrected chi connectivity index (χ2v) is 3.76. The highest BCUT2D eigenvalue weighted by Crippen LogP contribution is 2.15. The smallest absolute Gasteiger partial charge is 0.168 e. The Labute approximate surface area is 88.4 Å². The Morgan fingerprint density at radius 3 is 2.79 bits per heavy atom. The maximum Gasteiger partial charge on any atom is 0.168 e. The van der Waals surface area contributed by atoms with Crippen molar-refractivity contribution < 1.29 is 4.74 Å². The van der Waals surface area contributed by atoms with Crippen LogP contribution in [-0.4, -0.2) is 32.9 Å². The van der Waals surface area contributed by atoms with E-state index in [2.05, 4.69) is 15.5 Å². The molecule has 0 aliphatic rings. The monoisotopic (exact) mass is 218 g/mol. The van der Waals surface area contributed by atoms with Gasteiger partial charge < -0.3 is 4.74 Å². The van der Waals surface area contributed by atoms with Crippen molar-refractivity contribution in [3.63, 3.8) is 0 Å². The van der Waals surface area contributed by atoms with Gasteiger partial charge in [-0.15, -0.1) is 16.7 Å². The largest absolute Gasteiger partial charge is 0.377 e. The van der Waals surface area contributed by atoms with E-state index in [4.69, 9.17) is 16.3 Å². The molecule has 0 fully saturated rings. The molecule has 0 saturated heterocycles. The van der Waals surface area contributed by atoms with Crippen LogP contribution in [0.3, 0.4) is 0 Å². The van der Waals surface area contributed by atoms with Crippen molar-refractivity contribution >= 4 is 11.6 Å². The number of halogens is 1. The molecule has 0 amide bonds. The normalized spacial score (nSPS) is 15.4. The van der Waals surface area contributed by atoms with Gasteiger partial charge in [-0.05, 0) is 31.2 Å². The average Bonchev–Trinajstić information content (AvgIpc) is 2.52. The second kappa shape index (κ2) is 5.26. The van der Waals surface area contributed by atoms with Crippen molar-refractivity contribution in [1.82, 2.24) is 20.2 Å². The van der Waals surface area contributed by atoms with Crippen LogP contribution >= 0.6 is 11.6 Å². The minimum atomic E-state index is -0.182. The molecule has 5 nitrogen and oxygen atoms in total. The van der Waals surface area contributed by atoms with E-state index in [9.17, 15) is 0 Å². The van der Waals surface area contributed by atoms with E-state index in [1.165, 1.54) is 0 Å². The highest BCUT2D eigenvalue weighted by atomic mass is 35.5. The predicted molar refractivity (Wildman–Crippen MR) is 53.2 cm³/mol. The molecule has 2 atom stereocenters. The van der Waals surface area contributed by atoms with Crippen LogP contribution in [0.1, 0.15) is 32.0 Å². The van der Waals surface area contributed by atoms with Crippen molar-refractivity contribution in [2.24, 2.45) is 0 Å². The molecule has 1 rings (SSSR count). The van der Waals surface area contributed by atoms with Crippen LogP contribution in [0.5, 0.6) is 0 Å². The van der Waals surface area contributed by atoms with Gasteiger partial charge in [-0.1, -0.05) is 0 Å². The number of tetrazole rings is 1. The van der Waals surface area contributed by atoms with Gasteiger partial charge in [0.15, 0.2) is 5.82 Å². The molecular formula is C8H15ClN4O. The molecule has 80 valence electrons. The number of ether oxygens (including phenoxy) is 1. The SMILES string of the molecule is CCOC(C)Cn1nnnc1C(C)Cl. The lowest BCUT2D eigenvalue weighted by Gasteiger charge is -2.12. The van der Waals surface area contributed by atoms with Gasteiger partial charge >= 0.3 is 0 Å². The van der Waals surface area contributed by atoms with E-state index >= 15 is 0 Å². The molecule has 0 aliphatic carbocycles. The summed E-state index contributed by atoms with van der Waals surface area (Å²) in [7, 11) is 0. The van der Waals surface area contributed by atoms with Gasteiger partial charge in [0.2, 0.25) is 0 Å². The van der Waals surface area contributed by atoms with Crippen LogP contribution in [-0.2, 0) is 11.3 Å². The Morgan fingerprint density at radius 1 is 1.50 bits per heavy atom. The molecule has 0 spiro atoms. The Hall–Kier alpha value is -0.680. The first-order valence-corrected chi connectivity index (χ1v) is 5.10. The fourth-order valence-electron chi connectivity index (χ4n) is 1.21. The summed E-state index contributed by atoms with van der Waals surface area (Å²) in [6, 6.07) is 0. The first-order chi connectivity index (χ1) is 6.65. The molecule has 0 aliphatic heterocycles. The van der Waals surface area contributed by atoms with E-state index in [0.29, 0.717) is 19.0 Å².